The summed E-state index contributed by atoms with van der Waals surface area (Å²) in [6, 6.07) is 0. The summed E-state index contributed by atoms with van der Waals surface area (Å²) in [5, 5.41) is 11.2. The first-order valence-corrected chi connectivity index (χ1v) is 10.6. The molecule has 0 aliphatic carbocycles. The highest BCUT2D eigenvalue weighted by molar-refractivity contribution is 6.64. The lowest BCUT2D eigenvalue weighted by molar-refractivity contribution is -0.674. The molecule has 0 aromatic rings. The molecule has 0 radical (unpaired) electrons. The minimum absolute atomic E-state index is 0.344. The molecule has 0 atom stereocenters. The number of amides is 1. The van der Waals surface area contributed by atoms with Crippen molar-refractivity contribution in [2.75, 3.05) is 6.54 Å². The van der Waals surface area contributed by atoms with E-state index in [4.69, 9.17) is 0 Å². The molecule has 0 N–H and O–H groups in total. The molecule has 0 saturated heterocycles. The smallest absolute Gasteiger partial charge is 0.253 e. The molecule has 0 aliphatic rings. The quantitative estimate of drug-likeness (QED) is 0.647. The molecule has 0 rings (SSSR count). The molecule has 0 heterocycles. The molecule has 0 aliphatic heterocycles. The molecule has 13 heavy (non-hydrogen) atoms. The third kappa shape index (κ3) is 2.41. The Kier molecular flexibility index (Phi) is 4.87. The Hall–Kier alpha value is -0.136. The lowest BCUT2D eigenvalue weighted by Crippen LogP contribution is -2.70. The number of hydrogen-bond donors (Lipinski definition) is 0. The first-order valence-electron chi connectivity index (χ1n) is 4.98. The van der Waals surface area contributed by atoms with Crippen molar-refractivity contribution < 1.29 is 13.7 Å². The summed E-state index contributed by atoms with van der Waals surface area (Å²) in [6.07, 6.45) is 0.106. The van der Waals surface area contributed by atoms with Crippen LogP contribution in [0.4, 0.5) is 4.79 Å². The number of nitrogens with zero attached hydrogens (tertiary/aromatic N) is 1. The fraction of sp³-hybridized carbons (Fsp3) is 0.875. The van der Waals surface area contributed by atoms with Crippen molar-refractivity contribution in [2.45, 2.75) is 39.5 Å². The molecule has 78 valence electrons. The predicted octanol–water partition coefficient (Wildman–Crippen LogP) is 0.523. The van der Waals surface area contributed by atoms with Crippen LogP contribution in [0.2, 0.25) is 26.2 Å². The van der Waals surface area contributed by atoms with Crippen LogP contribution in [-0.4, -0.2) is 34.4 Å². The van der Waals surface area contributed by atoms with E-state index in [0.717, 1.165) is 13.0 Å². The van der Waals surface area contributed by atoms with Crippen molar-refractivity contribution in [1.29, 1.82) is 0 Å². The maximum Gasteiger partial charge on any atom is 0.253 e. The molecule has 3 nitrogen and oxygen atoms in total. The number of carbonyl (C=O) groups is 1. The maximum atomic E-state index is 11.2. The summed E-state index contributed by atoms with van der Waals surface area (Å²) in [4.78, 5) is 11.2. The minimum atomic E-state index is -1.22. The lowest BCUT2D eigenvalue weighted by atomic mass is 10.5. The van der Waals surface area contributed by atoms with Crippen LogP contribution < -0.4 is 5.11 Å². The number of carbonyl (C=O) groups excluding carboxylic acids is 1. The van der Waals surface area contributed by atoms with Crippen molar-refractivity contribution in [3.8, 4) is 0 Å². The zero-order chi connectivity index (χ0) is 10.6. The Morgan fingerprint density at radius 3 is 1.69 bits per heavy atom. The normalized spacial score (nSPS) is 12.5. The van der Waals surface area contributed by atoms with Gasteiger partial charge in [0.05, 0.1) is 6.54 Å². The van der Waals surface area contributed by atoms with Gasteiger partial charge in [0.1, 0.15) is 0 Å². The molecule has 0 unspecified atom stereocenters. The third-order valence-electron chi connectivity index (χ3n) is 2.78. The SMILES string of the molecule is CCC[N+](C(=O)[O-])([SiH](C)C)[SiH](C)C. The van der Waals surface area contributed by atoms with Crippen LogP contribution in [0.15, 0.2) is 0 Å². The molecule has 0 fully saturated rings. The van der Waals surface area contributed by atoms with Crippen molar-refractivity contribution in [2.24, 2.45) is 0 Å². The molecule has 1 amide bonds. The highest BCUT2D eigenvalue weighted by atomic mass is 28.4. The summed E-state index contributed by atoms with van der Waals surface area (Å²) in [5.74, 6) is 0. The van der Waals surface area contributed by atoms with E-state index in [1.165, 1.54) is 0 Å². The van der Waals surface area contributed by atoms with Crippen molar-refractivity contribution in [3.63, 3.8) is 0 Å². The van der Waals surface area contributed by atoms with Gasteiger partial charge in [-0.1, -0.05) is 6.92 Å². The van der Waals surface area contributed by atoms with Gasteiger partial charge in [-0.05, 0) is 32.6 Å². The summed E-state index contributed by atoms with van der Waals surface area (Å²) >= 11 is 0. The molecule has 0 aromatic carbocycles. The van der Waals surface area contributed by atoms with Crippen LogP contribution in [-0.2, 0) is 0 Å². The summed E-state index contributed by atoms with van der Waals surface area (Å²) < 4.78 is 0.344. The Bertz CT molecular complexity index is 175. The van der Waals surface area contributed by atoms with Crippen LogP contribution in [0.25, 0.3) is 0 Å². The topological polar surface area (TPSA) is 40.1 Å². The van der Waals surface area contributed by atoms with E-state index in [9.17, 15) is 9.90 Å². The van der Waals surface area contributed by atoms with Crippen molar-refractivity contribution in [3.05, 3.63) is 0 Å². The summed E-state index contributed by atoms with van der Waals surface area (Å²) in [7, 11) is -2.43. The zero-order valence-corrected chi connectivity index (χ0v) is 11.6. The number of quaternary nitrogens is 1. The van der Waals surface area contributed by atoms with E-state index in [1.54, 1.807) is 0 Å². The first-order chi connectivity index (χ1) is 5.89. The first kappa shape index (κ1) is 12.9. The van der Waals surface area contributed by atoms with E-state index in [0.29, 0.717) is 3.81 Å². The van der Waals surface area contributed by atoms with Gasteiger partial charge < -0.3 is 13.7 Å². The number of hydrogen-bond acceptors (Lipinski definition) is 2. The van der Waals surface area contributed by atoms with Gasteiger partial charge in [-0.2, -0.15) is 0 Å². The number of rotatable bonds is 4. The van der Waals surface area contributed by atoms with E-state index < -0.39 is 24.0 Å². The fourth-order valence-corrected chi connectivity index (χ4v) is 9.16. The van der Waals surface area contributed by atoms with Crippen molar-refractivity contribution in [1.82, 2.24) is 0 Å². The average molecular weight is 219 g/mol. The van der Waals surface area contributed by atoms with E-state index in [1.807, 2.05) is 6.92 Å². The summed E-state index contributed by atoms with van der Waals surface area (Å²) in [5.41, 5.74) is 0. The largest absolute Gasteiger partial charge is 0.501 e. The molecule has 0 spiro atoms. The van der Waals surface area contributed by atoms with Crippen LogP contribution in [0.1, 0.15) is 13.3 Å². The fourth-order valence-electron chi connectivity index (χ4n) is 2.00. The molecule has 0 bridgehead atoms. The lowest BCUT2D eigenvalue weighted by Gasteiger charge is -2.46. The highest BCUT2D eigenvalue weighted by Crippen LogP contribution is 2.15. The van der Waals surface area contributed by atoms with Gasteiger partial charge in [-0.25, -0.2) is 0 Å². The van der Waals surface area contributed by atoms with Gasteiger partial charge in [-0.3, -0.25) is 0 Å². The standard InChI is InChI=1S/C8H21NO2Si2/c1-6-7-9(8(10)11,12(2)3)13(4)5/h12-13H,6-7H2,1-5H3. The van der Waals surface area contributed by atoms with Crippen LogP contribution in [0.5, 0.6) is 0 Å². The molecule has 0 aromatic heterocycles. The number of carboxylic acid groups (broad SMARTS) is 1. The maximum absolute atomic E-state index is 11.2. The van der Waals surface area contributed by atoms with E-state index in [-0.39, 0.29) is 0 Å². The Labute approximate surface area is 84.3 Å². The third-order valence-corrected chi connectivity index (χ3v) is 11.0. The van der Waals surface area contributed by atoms with Crippen LogP contribution in [0, 0.1) is 0 Å². The zero-order valence-electron chi connectivity index (χ0n) is 9.33. The molecule has 0 saturated carbocycles. The Morgan fingerprint density at radius 1 is 1.23 bits per heavy atom. The summed E-state index contributed by atoms with van der Waals surface area (Å²) in [6.45, 7) is 11.3. The minimum Gasteiger partial charge on any atom is -0.501 e. The Balaban J connectivity index is 4.93. The van der Waals surface area contributed by atoms with Gasteiger partial charge in [0.25, 0.3) is 17.9 Å². The van der Waals surface area contributed by atoms with Gasteiger partial charge in [0, 0.05) is 0 Å². The Morgan fingerprint density at radius 2 is 1.62 bits per heavy atom. The van der Waals surface area contributed by atoms with Gasteiger partial charge in [0.2, 0.25) is 6.09 Å². The monoisotopic (exact) mass is 219 g/mol. The second kappa shape index (κ2) is 4.92. The van der Waals surface area contributed by atoms with Gasteiger partial charge >= 0.3 is 0 Å². The molecule has 5 heteroatoms. The second-order valence-corrected chi connectivity index (χ2v) is 10.9. The molecular weight excluding hydrogens is 198 g/mol. The van der Waals surface area contributed by atoms with Gasteiger partial charge in [0.15, 0.2) is 0 Å². The van der Waals surface area contributed by atoms with E-state index in [2.05, 4.69) is 26.2 Å². The van der Waals surface area contributed by atoms with Crippen LogP contribution in [0.3, 0.4) is 0 Å². The average Bonchev–Trinajstić information content (AvgIpc) is 1.97. The second-order valence-electron chi connectivity index (χ2n) is 4.11. The van der Waals surface area contributed by atoms with Crippen LogP contribution >= 0.6 is 0 Å². The van der Waals surface area contributed by atoms with Gasteiger partial charge in [-0.15, -0.1) is 0 Å². The van der Waals surface area contributed by atoms with Crippen molar-refractivity contribution >= 4 is 24.0 Å². The highest BCUT2D eigenvalue weighted by Gasteiger charge is 2.36. The predicted molar refractivity (Wildman–Crippen MR) is 58.6 cm³/mol. The van der Waals surface area contributed by atoms with E-state index >= 15 is 0 Å². The molecular formula is C8H21NO2Si2.